The fraction of sp³-hybridized carbons (Fsp3) is 0.167. The predicted molar refractivity (Wildman–Crippen MR) is 69.7 cm³/mol. The number of hydrogen-bond donors (Lipinski definition) is 1. The van der Waals surface area contributed by atoms with E-state index in [4.69, 9.17) is 23.2 Å². The van der Waals surface area contributed by atoms with Crippen molar-refractivity contribution in [1.82, 2.24) is 9.97 Å². The molecule has 0 aliphatic rings. The zero-order valence-electron chi connectivity index (χ0n) is 9.13. The Hall–Kier alpha value is -1.32. The van der Waals surface area contributed by atoms with Crippen LogP contribution in [0.1, 0.15) is 12.6 Å². The average molecular weight is 269 g/mol. The Morgan fingerprint density at radius 3 is 2.65 bits per heavy atom. The summed E-state index contributed by atoms with van der Waals surface area (Å²) in [6.07, 6.45) is 0.707. The number of hydrogen-bond acceptors (Lipinski definition) is 2. The van der Waals surface area contributed by atoms with Gasteiger partial charge in [0.05, 0.1) is 10.0 Å². The Labute approximate surface area is 108 Å². The lowest BCUT2D eigenvalue weighted by atomic mass is 10.2. The fourth-order valence-corrected chi connectivity index (χ4v) is 1.77. The maximum Gasteiger partial charge on any atom is 0.251 e. The molecule has 0 spiro atoms. The smallest absolute Gasteiger partial charge is 0.251 e. The molecule has 0 aliphatic heterocycles. The molecule has 1 N–H and O–H groups in total. The van der Waals surface area contributed by atoms with Crippen LogP contribution in [0.4, 0.5) is 0 Å². The second-order valence-electron chi connectivity index (χ2n) is 3.57. The van der Waals surface area contributed by atoms with E-state index in [1.54, 1.807) is 18.2 Å². The van der Waals surface area contributed by atoms with Crippen molar-refractivity contribution in [2.45, 2.75) is 13.3 Å². The van der Waals surface area contributed by atoms with E-state index < -0.39 is 0 Å². The van der Waals surface area contributed by atoms with E-state index in [9.17, 15) is 4.79 Å². The average Bonchev–Trinajstić information content (AvgIpc) is 2.32. The summed E-state index contributed by atoms with van der Waals surface area (Å²) >= 11 is 11.8. The quantitative estimate of drug-likeness (QED) is 0.909. The van der Waals surface area contributed by atoms with Crippen LogP contribution in [-0.4, -0.2) is 9.97 Å². The molecule has 5 heteroatoms. The molecule has 0 atom stereocenters. The molecule has 0 bridgehead atoms. The summed E-state index contributed by atoms with van der Waals surface area (Å²) < 4.78 is 0. The molecular weight excluding hydrogens is 259 g/mol. The lowest BCUT2D eigenvalue weighted by Crippen LogP contribution is -2.09. The highest BCUT2D eigenvalue weighted by Gasteiger charge is 2.05. The summed E-state index contributed by atoms with van der Waals surface area (Å²) in [5.74, 6) is 0.507. The van der Waals surface area contributed by atoms with Gasteiger partial charge in [0.25, 0.3) is 5.56 Å². The Balaban J connectivity index is 2.55. The Morgan fingerprint density at radius 2 is 2.00 bits per heavy atom. The normalized spacial score (nSPS) is 10.5. The van der Waals surface area contributed by atoms with Gasteiger partial charge in [-0.1, -0.05) is 30.1 Å². The molecule has 0 radical (unpaired) electrons. The summed E-state index contributed by atoms with van der Waals surface area (Å²) in [5.41, 5.74) is 1.32. The van der Waals surface area contributed by atoms with E-state index in [1.807, 2.05) is 6.92 Å². The summed E-state index contributed by atoms with van der Waals surface area (Å²) in [4.78, 5) is 18.5. The fourth-order valence-electron chi connectivity index (χ4n) is 1.47. The van der Waals surface area contributed by atoms with Crippen LogP contribution in [0, 0.1) is 0 Å². The van der Waals surface area contributed by atoms with Crippen LogP contribution >= 0.6 is 23.2 Å². The van der Waals surface area contributed by atoms with Crippen molar-refractivity contribution in [2.75, 3.05) is 0 Å². The third kappa shape index (κ3) is 2.68. The van der Waals surface area contributed by atoms with Gasteiger partial charge in [-0.2, -0.15) is 0 Å². The Morgan fingerprint density at radius 1 is 1.24 bits per heavy atom. The minimum absolute atomic E-state index is 0.169. The van der Waals surface area contributed by atoms with E-state index >= 15 is 0 Å². The van der Waals surface area contributed by atoms with Crippen molar-refractivity contribution in [1.29, 1.82) is 0 Å². The first-order chi connectivity index (χ1) is 8.10. The molecule has 17 heavy (non-hydrogen) atoms. The van der Waals surface area contributed by atoms with Crippen LogP contribution in [0.2, 0.25) is 10.0 Å². The lowest BCUT2D eigenvalue weighted by Gasteiger charge is -2.04. The van der Waals surface area contributed by atoms with Crippen LogP contribution in [0.25, 0.3) is 11.4 Å². The number of aromatic nitrogens is 2. The zero-order chi connectivity index (χ0) is 12.4. The molecule has 1 aromatic carbocycles. The van der Waals surface area contributed by atoms with Crippen molar-refractivity contribution >= 4 is 23.2 Å². The van der Waals surface area contributed by atoms with Crippen LogP contribution in [0.5, 0.6) is 0 Å². The maximum absolute atomic E-state index is 11.4. The number of aromatic amines is 1. The molecule has 2 rings (SSSR count). The van der Waals surface area contributed by atoms with E-state index in [1.165, 1.54) is 6.07 Å². The third-order valence-corrected chi connectivity index (χ3v) is 3.09. The summed E-state index contributed by atoms with van der Waals surface area (Å²) in [6, 6.07) is 6.62. The molecule has 0 saturated carbocycles. The molecule has 0 fully saturated rings. The summed E-state index contributed by atoms with van der Waals surface area (Å²) in [5, 5.41) is 0.915. The predicted octanol–water partition coefficient (Wildman–Crippen LogP) is 3.31. The van der Waals surface area contributed by atoms with Gasteiger partial charge in [-0.3, -0.25) is 4.79 Å². The molecular formula is C12H10Cl2N2O. The molecule has 0 aliphatic carbocycles. The first-order valence-electron chi connectivity index (χ1n) is 5.16. The molecule has 88 valence electrons. The van der Waals surface area contributed by atoms with Gasteiger partial charge in [-0.25, -0.2) is 4.98 Å². The van der Waals surface area contributed by atoms with Gasteiger partial charge in [-0.15, -0.1) is 0 Å². The number of nitrogens with one attached hydrogen (secondary N) is 1. The van der Waals surface area contributed by atoms with Gasteiger partial charge in [0.1, 0.15) is 5.82 Å². The van der Waals surface area contributed by atoms with Crippen molar-refractivity contribution in [3.63, 3.8) is 0 Å². The minimum atomic E-state index is -0.169. The second-order valence-corrected chi connectivity index (χ2v) is 4.38. The van der Waals surface area contributed by atoms with E-state index in [2.05, 4.69) is 9.97 Å². The van der Waals surface area contributed by atoms with Gasteiger partial charge in [0.15, 0.2) is 0 Å². The number of H-pyrrole nitrogens is 1. The largest absolute Gasteiger partial charge is 0.307 e. The molecule has 2 aromatic rings. The Bertz CT molecular complexity index is 608. The molecule has 0 unspecified atom stereocenters. The van der Waals surface area contributed by atoms with Crippen LogP contribution in [0.15, 0.2) is 29.1 Å². The molecule has 1 aromatic heterocycles. The van der Waals surface area contributed by atoms with Crippen LogP contribution < -0.4 is 5.56 Å². The van der Waals surface area contributed by atoms with Crippen LogP contribution in [-0.2, 0) is 6.42 Å². The maximum atomic E-state index is 11.4. The Kier molecular flexibility index (Phi) is 3.50. The molecule has 0 saturated heterocycles. The van der Waals surface area contributed by atoms with Crippen molar-refractivity contribution in [3.05, 3.63) is 50.4 Å². The first-order valence-corrected chi connectivity index (χ1v) is 5.91. The van der Waals surface area contributed by atoms with Gasteiger partial charge in [0, 0.05) is 17.3 Å². The standard InChI is InChI=1S/C12H10Cl2N2O/c1-2-8-6-11(17)16-12(15-8)7-3-4-9(13)10(14)5-7/h3-6H,2H2,1H3,(H,15,16,17). The van der Waals surface area contributed by atoms with E-state index in [-0.39, 0.29) is 5.56 Å². The van der Waals surface area contributed by atoms with E-state index in [0.717, 1.165) is 11.3 Å². The minimum Gasteiger partial charge on any atom is -0.307 e. The van der Waals surface area contributed by atoms with Crippen LogP contribution in [0.3, 0.4) is 0 Å². The van der Waals surface area contributed by atoms with Gasteiger partial charge in [-0.05, 0) is 24.6 Å². The van der Waals surface area contributed by atoms with Gasteiger partial charge < -0.3 is 4.98 Å². The molecule has 0 amide bonds. The van der Waals surface area contributed by atoms with Gasteiger partial charge in [0.2, 0.25) is 0 Å². The summed E-state index contributed by atoms with van der Waals surface area (Å²) in [7, 11) is 0. The zero-order valence-corrected chi connectivity index (χ0v) is 10.6. The number of nitrogens with zero attached hydrogens (tertiary/aromatic N) is 1. The van der Waals surface area contributed by atoms with Crippen molar-refractivity contribution in [3.8, 4) is 11.4 Å². The summed E-state index contributed by atoms with van der Waals surface area (Å²) in [6.45, 7) is 1.94. The van der Waals surface area contributed by atoms with Gasteiger partial charge >= 0.3 is 0 Å². The highest BCUT2D eigenvalue weighted by molar-refractivity contribution is 6.42. The highest BCUT2D eigenvalue weighted by atomic mass is 35.5. The topological polar surface area (TPSA) is 45.8 Å². The molecule has 1 heterocycles. The van der Waals surface area contributed by atoms with Crippen molar-refractivity contribution < 1.29 is 0 Å². The third-order valence-electron chi connectivity index (χ3n) is 2.35. The monoisotopic (exact) mass is 268 g/mol. The number of rotatable bonds is 2. The molecule has 3 nitrogen and oxygen atoms in total. The number of aryl methyl sites for hydroxylation is 1. The lowest BCUT2D eigenvalue weighted by molar-refractivity contribution is 0.987. The first kappa shape index (κ1) is 12.1. The number of benzene rings is 1. The number of halogens is 2. The van der Waals surface area contributed by atoms with Crippen molar-refractivity contribution in [2.24, 2.45) is 0 Å². The highest BCUT2D eigenvalue weighted by Crippen LogP contribution is 2.26. The van der Waals surface area contributed by atoms with E-state index in [0.29, 0.717) is 22.3 Å². The second kappa shape index (κ2) is 4.90. The SMILES string of the molecule is CCc1cc(=O)[nH]c(-c2ccc(Cl)c(Cl)c2)n1.